The molecule has 0 radical (unpaired) electrons. The molecule has 4 nitrogen and oxygen atoms in total. The monoisotopic (exact) mass is 317 g/mol. The standard InChI is InChI=1S/C19H27NO3/c1-4-20-14-19(2,3)23-18(22)17(20)13-16(21)12-8-11-15-9-6-5-7-10-15/h5-7,9-10,17H,4,8,11-14H2,1-3H3. The van der Waals surface area contributed by atoms with E-state index in [1.54, 1.807) is 0 Å². The maximum absolute atomic E-state index is 12.2. The average molecular weight is 317 g/mol. The van der Waals surface area contributed by atoms with Crippen LogP contribution in [0.3, 0.4) is 0 Å². The van der Waals surface area contributed by atoms with Gasteiger partial charge < -0.3 is 4.74 Å². The minimum Gasteiger partial charge on any atom is -0.457 e. The van der Waals surface area contributed by atoms with E-state index in [9.17, 15) is 9.59 Å². The SMILES string of the molecule is CCN1CC(C)(C)OC(=O)C1CC(=O)CCCc1ccccc1. The van der Waals surface area contributed by atoms with Crippen LogP contribution in [0.5, 0.6) is 0 Å². The van der Waals surface area contributed by atoms with Crippen molar-refractivity contribution in [1.29, 1.82) is 0 Å². The number of hydrogen-bond acceptors (Lipinski definition) is 4. The lowest BCUT2D eigenvalue weighted by Gasteiger charge is -2.41. The summed E-state index contributed by atoms with van der Waals surface area (Å²) < 4.78 is 5.46. The van der Waals surface area contributed by atoms with Crippen molar-refractivity contribution < 1.29 is 14.3 Å². The Kier molecular flexibility index (Phi) is 5.94. The van der Waals surface area contributed by atoms with Gasteiger partial charge >= 0.3 is 5.97 Å². The summed E-state index contributed by atoms with van der Waals surface area (Å²) in [4.78, 5) is 26.5. The number of carbonyl (C=O) groups is 2. The lowest BCUT2D eigenvalue weighted by atomic mass is 9.98. The molecule has 0 amide bonds. The summed E-state index contributed by atoms with van der Waals surface area (Å²) in [5.74, 6) is -0.124. The predicted molar refractivity (Wildman–Crippen MR) is 90.2 cm³/mol. The highest BCUT2D eigenvalue weighted by atomic mass is 16.6. The van der Waals surface area contributed by atoms with E-state index in [-0.39, 0.29) is 18.2 Å². The molecule has 1 unspecified atom stereocenters. The van der Waals surface area contributed by atoms with E-state index >= 15 is 0 Å². The van der Waals surface area contributed by atoms with Crippen LogP contribution in [-0.2, 0) is 20.7 Å². The summed E-state index contributed by atoms with van der Waals surface area (Å²) >= 11 is 0. The second-order valence-corrected chi connectivity index (χ2v) is 6.84. The van der Waals surface area contributed by atoms with Gasteiger partial charge in [-0.05, 0) is 38.8 Å². The fourth-order valence-corrected chi connectivity index (χ4v) is 3.12. The smallest absolute Gasteiger partial charge is 0.324 e. The molecule has 0 aliphatic carbocycles. The van der Waals surface area contributed by atoms with E-state index in [4.69, 9.17) is 4.74 Å². The van der Waals surface area contributed by atoms with Crippen LogP contribution in [-0.4, -0.2) is 41.4 Å². The molecular weight excluding hydrogens is 290 g/mol. The van der Waals surface area contributed by atoms with Gasteiger partial charge in [-0.1, -0.05) is 37.3 Å². The molecule has 0 aromatic heterocycles. The van der Waals surface area contributed by atoms with Crippen molar-refractivity contribution in [3.05, 3.63) is 35.9 Å². The third-order valence-electron chi connectivity index (χ3n) is 4.26. The number of nitrogens with zero attached hydrogens (tertiary/aromatic N) is 1. The summed E-state index contributed by atoms with van der Waals surface area (Å²) in [6.45, 7) is 7.26. The Labute approximate surface area is 138 Å². The molecule has 1 aromatic rings. The third kappa shape index (κ3) is 5.17. The van der Waals surface area contributed by atoms with Gasteiger partial charge in [0.05, 0.1) is 0 Å². The van der Waals surface area contributed by atoms with Crippen LogP contribution >= 0.6 is 0 Å². The molecule has 1 aliphatic rings. The summed E-state index contributed by atoms with van der Waals surface area (Å²) in [5.41, 5.74) is 0.772. The number of carbonyl (C=O) groups excluding carboxylic acids is 2. The summed E-state index contributed by atoms with van der Waals surface area (Å²) in [6, 6.07) is 9.74. The first-order chi connectivity index (χ1) is 10.9. The first-order valence-electron chi connectivity index (χ1n) is 8.44. The molecule has 1 heterocycles. The van der Waals surface area contributed by atoms with Gasteiger partial charge in [0.1, 0.15) is 17.4 Å². The fourth-order valence-electron chi connectivity index (χ4n) is 3.12. The highest BCUT2D eigenvalue weighted by Gasteiger charge is 2.40. The molecule has 0 N–H and O–H groups in total. The largest absolute Gasteiger partial charge is 0.457 e. The zero-order chi connectivity index (χ0) is 16.9. The van der Waals surface area contributed by atoms with Crippen LogP contribution < -0.4 is 0 Å². The van der Waals surface area contributed by atoms with E-state index in [1.165, 1.54) is 5.56 Å². The molecule has 1 atom stereocenters. The zero-order valence-electron chi connectivity index (χ0n) is 14.4. The number of Topliss-reactive ketones (excluding diaryl/α,β-unsaturated/α-hetero) is 1. The van der Waals surface area contributed by atoms with Crippen molar-refractivity contribution in [3.63, 3.8) is 0 Å². The van der Waals surface area contributed by atoms with Crippen molar-refractivity contribution >= 4 is 11.8 Å². The van der Waals surface area contributed by atoms with Gasteiger partial charge in [0.2, 0.25) is 0 Å². The first-order valence-corrected chi connectivity index (χ1v) is 8.44. The van der Waals surface area contributed by atoms with Crippen LogP contribution in [0.4, 0.5) is 0 Å². The van der Waals surface area contributed by atoms with Crippen LogP contribution in [0.25, 0.3) is 0 Å². The number of hydrogen-bond donors (Lipinski definition) is 0. The van der Waals surface area contributed by atoms with Crippen molar-refractivity contribution in [2.75, 3.05) is 13.1 Å². The second-order valence-electron chi connectivity index (χ2n) is 6.84. The normalized spacial score (nSPS) is 21.0. The maximum Gasteiger partial charge on any atom is 0.324 e. The van der Waals surface area contributed by atoms with Gasteiger partial charge in [-0.3, -0.25) is 14.5 Å². The van der Waals surface area contributed by atoms with Gasteiger partial charge in [0.15, 0.2) is 0 Å². The van der Waals surface area contributed by atoms with Gasteiger partial charge in [0, 0.05) is 19.4 Å². The topological polar surface area (TPSA) is 46.6 Å². The summed E-state index contributed by atoms with van der Waals surface area (Å²) in [6.07, 6.45) is 2.49. The molecule has 126 valence electrons. The van der Waals surface area contributed by atoms with E-state index in [0.29, 0.717) is 13.0 Å². The molecule has 1 fully saturated rings. The number of ketones is 1. The van der Waals surface area contributed by atoms with Crippen LogP contribution in [0.15, 0.2) is 30.3 Å². The van der Waals surface area contributed by atoms with Crippen LogP contribution in [0.1, 0.15) is 45.6 Å². The van der Waals surface area contributed by atoms with E-state index in [1.807, 2.05) is 39.0 Å². The summed E-state index contributed by atoms with van der Waals surface area (Å²) in [5, 5.41) is 0. The Morgan fingerprint density at radius 3 is 2.65 bits per heavy atom. The molecule has 1 aliphatic heterocycles. The Hall–Kier alpha value is -1.68. The number of ether oxygens (including phenoxy) is 1. The fraction of sp³-hybridized carbons (Fsp3) is 0.579. The van der Waals surface area contributed by atoms with Crippen molar-refractivity contribution in [2.24, 2.45) is 0 Å². The Bertz CT molecular complexity index is 539. The quantitative estimate of drug-likeness (QED) is 0.725. The molecule has 2 rings (SSSR count). The first kappa shape index (κ1) is 17.7. The molecular formula is C19H27NO3. The molecule has 0 bridgehead atoms. The van der Waals surface area contributed by atoms with Gasteiger partial charge in [-0.25, -0.2) is 0 Å². The van der Waals surface area contributed by atoms with E-state index in [2.05, 4.69) is 17.0 Å². The lowest BCUT2D eigenvalue weighted by Crippen LogP contribution is -2.57. The minimum atomic E-state index is -0.472. The number of likely N-dealkylation sites (N-methyl/N-ethyl adjacent to an activating group) is 1. The van der Waals surface area contributed by atoms with Gasteiger partial charge in [-0.15, -0.1) is 0 Å². The molecule has 0 saturated carbocycles. The summed E-state index contributed by atoms with van der Waals surface area (Å²) in [7, 11) is 0. The number of aryl methyl sites for hydroxylation is 1. The second kappa shape index (κ2) is 7.73. The number of esters is 1. The van der Waals surface area contributed by atoms with Crippen molar-refractivity contribution in [1.82, 2.24) is 4.90 Å². The average Bonchev–Trinajstić information content (AvgIpc) is 2.50. The Morgan fingerprint density at radius 2 is 2.00 bits per heavy atom. The highest BCUT2D eigenvalue weighted by Crippen LogP contribution is 2.24. The maximum atomic E-state index is 12.2. The Morgan fingerprint density at radius 1 is 1.30 bits per heavy atom. The molecule has 4 heteroatoms. The Balaban J connectivity index is 1.83. The molecule has 1 saturated heterocycles. The van der Waals surface area contributed by atoms with Gasteiger partial charge in [0.25, 0.3) is 0 Å². The van der Waals surface area contributed by atoms with E-state index in [0.717, 1.165) is 19.4 Å². The molecule has 1 aromatic carbocycles. The zero-order valence-corrected chi connectivity index (χ0v) is 14.4. The van der Waals surface area contributed by atoms with E-state index < -0.39 is 11.6 Å². The van der Waals surface area contributed by atoms with Crippen LogP contribution in [0.2, 0.25) is 0 Å². The highest BCUT2D eigenvalue weighted by molar-refractivity contribution is 5.87. The number of benzene rings is 1. The number of morpholine rings is 1. The number of rotatable bonds is 7. The van der Waals surface area contributed by atoms with Crippen molar-refractivity contribution in [2.45, 2.75) is 58.1 Å². The third-order valence-corrected chi connectivity index (χ3v) is 4.26. The molecule has 0 spiro atoms. The van der Waals surface area contributed by atoms with Crippen molar-refractivity contribution in [3.8, 4) is 0 Å². The minimum absolute atomic E-state index is 0.140. The number of cyclic esters (lactones) is 1. The molecule has 23 heavy (non-hydrogen) atoms. The van der Waals surface area contributed by atoms with Crippen LogP contribution in [0, 0.1) is 0 Å². The lowest BCUT2D eigenvalue weighted by molar-refractivity contribution is -0.178. The predicted octanol–water partition coefficient (Wildman–Crippen LogP) is 2.99. The van der Waals surface area contributed by atoms with Gasteiger partial charge in [-0.2, -0.15) is 0 Å².